The number of halogens is 1. The molecule has 0 amide bonds. The van der Waals surface area contributed by atoms with E-state index in [1.807, 2.05) is 7.05 Å². The Labute approximate surface area is 125 Å². The van der Waals surface area contributed by atoms with Crippen LogP contribution in [0.1, 0.15) is 13.3 Å². The Hall–Kier alpha value is -1.34. The number of hydrogen-bond donors (Lipinski definition) is 1. The number of likely N-dealkylation sites (N-methyl/N-ethyl adjacent to an activating group) is 1. The Bertz CT molecular complexity index is 584. The Morgan fingerprint density at radius 3 is 2.52 bits per heavy atom. The number of benzene rings is 1. The van der Waals surface area contributed by atoms with Crippen LogP contribution in [0.15, 0.2) is 18.2 Å². The van der Waals surface area contributed by atoms with E-state index >= 15 is 0 Å². The average molecular weight is 315 g/mol. The molecule has 118 valence electrons. The van der Waals surface area contributed by atoms with Gasteiger partial charge in [0, 0.05) is 32.2 Å². The molecule has 0 radical (unpaired) electrons. The molecular formula is C14H22FN3O2S. The van der Waals surface area contributed by atoms with Crippen molar-refractivity contribution in [2.75, 3.05) is 48.6 Å². The van der Waals surface area contributed by atoms with Gasteiger partial charge in [-0.3, -0.25) is 4.72 Å². The van der Waals surface area contributed by atoms with Gasteiger partial charge in [0.05, 0.1) is 17.1 Å². The predicted octanol–water partition coefficient (Wildman–Crippen LogP) is 1.73. The Morgan fingerprint density at radius 1 is 1.24 bits per heavy atom. The standard InChI is InChI=1S/C14H22FN3O2S/c1-3-10-21(19,20)16-13-11-12(15)4-5-14(13)18-8-6-17(2)7-9-18/h4-5,11,16H,3,6-10H2,1-2H3. The zero-order valence-corrected chi connectivity index (χ0v) is 13.3. The molecule has 0 bridgehead atoms. The third kappa shape index (κ3) is 4.31. The van der Waals surface area contributed by atoms with Gasteiger partial charge in [-0.2, -0.15) is 0 Å². The molecule has 2 rings (SSSR count). The topological polar surface area (TPSA) is 52.7 Å². The maximum absolute atomic E-state index is 13.5. The molecule has 1 N–H and O–H groups in total. The van der Waals surface area contributed by atoms with Crippen LogP contribution in [-0.2, 0) is 10.0 Å². The number of nitrogens with one attached hydrogen (secondary N) is 1. The van der Waals surface area contributed by atoms with E-state index in [1.54, 1.807) is 13.0 Å². The molecule has 1 aliphatic rings. The minimum absolute atomic E-state index is 0.0334. The van der Waals surface area contributed by atoms with Crippen molar-refractivity contribution < 1.29 is 12.8 Å². The van der Waals surface area contributed by atoms with Gasteiger partial charge < -0.3 is 9.80 Å². The first-order valence-corrected chi connectivity index (χ1v) is 8.80. The molecule has 1 heterocycles. The van der Waals surface area contributed by atoms with Gasteiger partial charge in [-0.15, -0.1) is 0 Å². The molecule has 1 aliphatic heterocycles. The third-order valence-corrected chi connectivity index (χ3v) is 5.02. The molecule has 0 saturated carbocycles. The van der Waals surface area contributed by atoms with Crippen LogP contribution in [0, 0.1) is 5.82 Å². The van der Waals surface area contributed by atoms with Crippen molar-refractivity contribution in [1.82, 2.24) is 4.90 Å². The summed E-state index contributed by atoms with van der Waals surface area (Å²) in [6.45, 7) is 5.19. The van der Waals surface area contributed by atoms with Gasteiger partial charge in [-0.05, 0) is 25.6 Å². The summed E-state index contributed by atoms with van der Waals surface area (Å²) in [6.07, 6.45) is 0.522. The molecule has 21 heavy (non-hydrogen) atoms. The molecule has 0 spiro atoms. The molecule has 5 nitrogen and oxygen atoms in total. The zero-order chi connectivity index (χ0) is 15.5. The average Bonchev–Trinajstić information content (AvgIpc) is 2.39. The second kappa shape index (κ2) is 6.62. The van der Waals surface area contributed by atoms with E-state index in [9.17, 15) is 12.8 Å². The molecular weight excluding hydrogens is 293 g/mol. The molecule has 0 unspecified atom stereocenters. The summed E-state index contributed by atoms with van der Waals surface area (Å²) in [5.41, 5.74) is 1.07. The van der Waals surface area contributed by atoms with Crippen LogP contribution in [0.2, 0.25) is 0 Å². The van der Waals surface area contributed by atoms with Crippen molar-refractivity contribution >= 4 is 21.4 Å². The summed E-state index contributed by atoms with van der Waals surface area (Å²) in [4.78, 5) is 4.30. The minimum atomic E-state index is -3.43. The SMILES string of the molecule is CCCS(=O)(=O)Nc1cc(F)ccc1N1CCN(C)CC1. The van der Waals surface area contributed by atoms with Gasteiger partial charge in [0.2, 0.25) is 10.0 Å². The number of piperazine rings is 1. The van der Waals surface area contributed by atoms with Gasteiger partial charge in [0.1, 0.15) is 5.82 Å². The van der Waals surface area contributed by atoms with Crippen molar-refractivity contribution in [2.45, 2.75) is 13.3 Å². The summed E-state index contributed by atoms with van der Waals surface area (Å²) in [5.74, 6) is -0.409. The molecule has 7 heteroatoms. The first kappa shape index (κ1) is 16.0. The quantitative estimate of drug-likeness (QED) is 0.899. The molecule has 0 atom stereocenters. The third-order valence-electron chi connectivity index (χ3n) is 3.54. The lowest BCUT2D eigenvalue weighted by Gasteiger charge is -2.35. The van der Waals surface area contributed by atoms with Crippen molar-refractivity contribution in [3.63, 3.8) is 0 Å². The summed E-state index contributed by atoms with van der Waals surface area (Å²) in [6, 6.07) is 4.26. The van der Waals surface area contributed by atoms with Crippen molar-refractivity contribution in [3.8, 4) is 0 Å². The molecule has 1 fully saturated rings. The van der Waals surface area contributed by atoms with Crippen LogP contribution in [0.4, 0.5) is 15.8 Å². The van der Waals surface area contributed by atoms with Crippen LogP contribution in [-0.4, -0.2) is 52.3 Å². The first-order valence-electron chi connectivity index (χ1n) is 7.15. The van der Waals surface area contributed by atoms with Gasteiger partial charge in [0.25, 0.3) is 0 Å². The lowest BCUT2D eigenvalue weighted by atomic mass is 10.2. The Morgan fingerprint density at radius 2 is 1.90 bits per heavy atom. The number of rotatable bonds is 5. The molecule has 0 aliphatic carbocycles. The largest absolute Gasteiger partial charge is 0.367 e. The second-order valence-electron chi connectivity index (χ2n) is 5.37. The van der Waals surface area contributed by atoms with Crippen LogP contribution >= 0.6 is 0 Å². The van der Waals surface area contributed by atoms with Crippen LogP contribution in [0.25, 0.3) is 0 Å². The van der Waals surface area contributed by atoms with E-state index in [-0.39, 0.29) is 5.75 Å². The van der Waals surface area contributed by atoms with E-state index in [0.29, 0.717) is 12.1 Å². The highest BCUT2D eigenvalue weighted by Crippen LogP contribution is 2.28. The molecule has 1 saturated heterocycles. The highest BCUT2D eigenvalue weighted by atomic mass is 32.2. The number of hydrogen-bond acceptors (Lipinski definition) is 4. The predicted molar refractivity (Wildman–Crippen MR) is 83.8 cm³/mol. The fraction of sp³-hybridized carbons (Fsp3) is 0.571. The van der Waals surface area contributed by atoms with Crippen molar-refractivity contribution in [3.05, 3.63) is 24.0 Å². The van der Waals surface area contributed by atoms with Gasteiger partial charge in [0.15, 0.2) is 0 Å². The highest BCUT2D eigenvalue weighted by molar-refractivity contribution is 7.92. The monoisotopic (exact) mass is 315 g/mol. The summed E-state index contributed by atoms with van der Waals surface area (Å²) in [5, 5.41) is 0. The maximum atomic E-state index is 13.5. The first-order chi connectivity index (χ1) is 9.91. The van der Waals surface area contributed by atoms with E-state index in [4.69, 9.17) is 0 Å². The van der Waals surface area contributed by atoms with E-state index < -0.39 is 15.8 Å². The highest BCUT2D eigenvalue weighted by Gasteiger charge is 2.20. The summed E-state index contributed by atoms with van der Waals surface area (Å²) in [7, 11) is -1.38. The van der Waals surface area contributed by atoms with Crippen LogP contribution < -0.4 is 9.62 Å². The van der Waals surface area contributed by atoms with Crippen LogP contribution in [0.3, 0.4) is 0 Å². The number of anilines is 2. The second-order valence-corrected chi connectivity index (χ2v) is 7.21. The summed E-state index contributed by atoms with van der Waals surface area (Å²) < 4.78 is 39.9. The lowest BCUT2D eigenvalue weighted by molar-refractivity contribution is 0.313. The Kier molecular flexibility index (Phi) is 5.05. The van der Waals surface area contributed by atoms with Gasteiger partial charge >= 0.3 is 0 Å². The maximum Gasteiger partial charge on any atom is 0.232 e. The van der Waals surface area contributed by atoms with Crippen LogP contribution in [0.5, 0.6) is 0 Å². The van der Waals surface area contributed by atoms with Crippen molar-refractivity contribution in [1.29, 1.82) is 0 Å². The molecule has 0 aromatic heterocycles. The van der Waals surface area contributed by atoms with Gasteiger partial charge in [-0.25, -0.2) is 12.8 Å². The van der Waals surface area contributed by atoms with Crippen molar-refractivity contribution in [2.24, 2.45) is 0 Å². The summed E-state index contributed by atoms with van der Waals surface area (Å²) >= 11 is 0. The van der Waals surface area contributed by atoms with E-state index in [1.165, 1.54) is 12.1 Å². The lowest BCUT2D eigenvalue weighted by Crippen LogP contribution is -2.44. The molecule has 1 aromatic carbocycles. The van der Waals surface area contributed by atoms with Gasteiger partial charge in [-0.1, -0.05) is 6.92 Å². The minimum Gasteiger partial charge on any atom is -0.367 e. The van der Waals surface area contributed by atoms with E-state index in [2.05, 4.69) is 14.5 Å². The Balaban J connectivity index is 2.25. The zero-order valence-electron chi connectivity index (χ0n) is 12.5. The fourth-order valence-electron chi connectivity index (χ4n) is 2.40. The van der Waals surface area contributed by atoms with E-state index in [0.717, 1.165) is 31.9 Å². The molecule has 1 aromatic rings. The fourth-order valence-corrected chi connectivity index (χ4v) is 3.54. The number of sulfonamides is 1. The number of nitrogens with zero attached hydrogens (tertiary/aromatic N) is 2. The normalized spacial score (nSPS) is 17.0. The smallest absolute Gasteiger partial charge is 0.232 e.